The van der Waals surface area contributed by atoms with Crippen LogP contribution in [0.3, 0.4) is 0 Å². The number of fused-ring (bicyclic) bond motifs is 1. The Bertz CT molecular complexity index is 940. The molecule has 0 atom stereocenters. The van der Waals surface area contributed by atoms with E-state index in [1.807, 2.05) is 25.1 Å². The molecule has 0 bridgehead atoms. The molecule has 2 nitrogen and oxygen atoms in total. The lowest BCUT2D eigenvalue weighted by molar-refractivity contribution is 0.392. The van der Waals surface area contributed by atoms with Crippen LogP contribution in [0.2, 0.25) is 0 Å². The molecule has 0 aromatic heterocycles. The minimum absolute atomic E-state index is 0.496. The Kier molecular flexibility index (Phi) is 10.1. The van der Waals surface area contributed by atoms with Crippen LogP contribution in [0.15, 0.2) is 46.8 Å². The Hall–Kier alpha value is -2.00. The van der Waals surface area contributed by atoms with Crippen molar-refractivity contribution in [2.75, 3.05) is 19.3 Å². The number of benzene rings is 2. The van der Waals surface area contributed by atoms with Crippen LogP contribution in [0.25, 0.3) is 0 Å². The van der Waals surface area contributed by atoms with Gasteiger partial charge in [-0.2, -0.15) is 0 Å². The highest BCUT2D eigenvalue weighted by molar-refractivity contribution is 8.02. The molecule has 0 saturated heterocycles. The molecule has 0 heterocycles. The molecule has 0 unspecified atom stereocenters. The first-order valence-corrected chi connectivity index (χ1v) is 12.9. The fourth-order valence-corrected chi connectivity index (χ4v) is 4.70. The number of allylic oxidation sites excluding steroid dienone is 1. The van der Waals surface area contributed by atoms with Crippen molar-refractivity contribution in [1.29, 1.82) is 0 Å². The zero-order chi connectivity index (χ0) is 23.7. The summed E-state index contributed by atoms with van der Waals surface area (Å²) in [6, 6.07) is 11.3. The van der Waals surface area contributed by atoms with Crippen molar-refractivity contribution >= 4 is 23.8 Å². The third-order valence-electron chi connectivity index (χ3n) is 5.97. The lowest BCUT2D eigenvalue weighted by atomic mass is 9.90. The van der Waals surface area contributed by atoms with Crippen molar-refractivity contribution in [2.24, 2.45) is 10.4 Å². The van der Waals surface area contributed by atoms with Crippen LogP contribution < -0.4 is 0 Å². The summed E-state index contributed by atoms with van der Waals surface area (Å²) in [6.07, 6.45) is 7.61. The van der Waals surface area contributed by atoms with Crippen LogP contribution in [-0.2, 0) is 19.3 Å². The van der Waals surface area contributed by atoms with Gasteiger partial charge < -0.3 is 4.90 Å². The number of thioether (sulfide) groups is 1. The molecular formula is C29H42N2S. The third-order valence-corrected chi connectivity index (χ3v) is 6.87. The van der Waals surface area contributed by atoms with E-state index in [0.29, 0.717) is 5.41 Å². The van der Waals surface area contributed by atoms with Crippen LogP contribution in [0, 0.1) is 26.2 Å². The molecule has 0 fully saturated rings. The largest absolute Gasteiger partial charge is 0.366 e. The quantitative estimate of drug-likeness (QED) is 0.242. The van der Waals surface area contributed by atoms with Crippen molar-refractivity contribution in [3.63, 3.8) is 0 Å². The predicted octanol–water partition coefficient (Wildman–Crippen LogP) is 7.84. The summed E-state index contributed by atoms with van der Waals surface area (Å²) in [5.41, 5.74) is 10.1. The molecule has 0 saturated carbocycles. The zero-order valence-electron chi connectivity index (χ0n) is 21.5. The molecule has 1 aliphatic rings. The van der Waals surface area contributed by atoms with E-state index in [1.165, 1.54) is 35.1 Å². The van der Waals surface area contributed by atoms with Crippen LogP contribution in [-0.4, -0.2) is 30.6 Å². The number of nitrogens with zero attached hydrogens (tertiary/aromatic N) is 2. The molecule has 32 heavy (non-hydrogen) atoms. The summed E-state index contributed by atoms with van der Waals surface area (Å²) in [5.74, 6) is 1.13. The normalized spacial score (nSPS) is 14.5. The Morgan fingerprint density at radius 1 is 1.03 bits per heavy atom. The van der Waals surface area contributed by atoms with Gasteiger partial charge in [-0.3, -0.25) is 0 Å². The standard InChI is InChI=1S/C17H26N2S.C12H16/c1-6-9-20-10-8-16-11-15(4)17(12-14(16)3)18-13-19(5)7-2;1-9-4-5-10-7-12(2,3)8-11(10)6-9/h6,9,11-13H,7-8,10H2,1-5H3;4-6H,7-8H2,1-3H3/b9-6-,18-13?;. The summed E-state index contributed by atoms with van der Waals surface area (Å²) in [5, 5.41) is 2.15. The number of aryl methyl sites for hydroxylation is 4. The molecule has 0 amide bonds. The maximum Gasteiger partial charge on any atom is 0.0909 e. The van der Waals surface area contributed by atoms with Gasteiger partial charge in [0, 0.05) is 19.3 Å². The van der Waals surface area contributed by atoms with Gasteiger partial charge in [-0.1, -0.05) is 49.8 Å². The highest BCUT2D eigenvalue weighted by atomic mass is 32.2. The summed E-state index contributed by atoms with van der Waals surface area (Å²) in [7, 11) is 2.04. The van der Waals surface area contributed by atoms with Crippen molar-refractivity contribution < 1.29 is 0 Å². The van der Waals surface area contributed by atoms with E-state index in [1.54, 1.807) is 11.1 Å². The third kappa shape index (κ3) is 8.16. The summed E-state index contributed by atoms with van der Waals surface area (Å²) in [4.78, 5) is 6.65. The Morgan fingerprint density at radius 2 is 1.75 bits per heavy atom. The summed E-state index contributed by atoms with van der Waals surface area (Å²) >= 11 is 1.87. The van der Waals surface area contributed by atoms with E-state index in [2.05, 4.69) is 100 Å². The maximum absolute atomic E-state index is 4.57. The van der Waals surface area contributed by atoms with E-state index in [0.717, 1.165) is 24.4 Å². The van der Waals surface area contributed by atoms with E-state index in [9.17, 15) is 0 Å². The molecule has 0 N–H and O–H groups in total. The first kappa shape index (κ1) is 26.3. The van der Waals surface area contributed by atoms with Gasteiger partial charge in [0.15, 0.2) is 0 Å². The number of hydrogen-bond donors (Lipinski definition) is 0. The summed E-state index contributed by atoms with van der Waals surface area (Å²) in [6.45, 7) is 16.3. The molecule has 174 valence electrons. The van der Waals surface area contributed by atoms with Gasteiger partial charge in [0.05, 0.1) is 12.0 Å². The average Bonchev–Trinajstić information content (AvgIpc) is 3.05. The van der Waals surface area contributed by atoms with E-state index in [4.69, 9.17) is 0 Å². The molecule has 3 rings (SSSR count). The number of hydrogen-bond acceptors (Lipinski definition) is 2. The van der Waals surface area contributed by atoms with Crippen molar-refractivity contribution in [1.82, 2.24) is 4.90 Å². The Balaban J connectivity index is 0.000000255. The fraction of sp³-hybridized carbons (Fsp3) is 0.483. The Morgan fingerprint density at radius 3 is 2.44 bits per heavy atom. The van der Waals surface area contributed by atoms with Crippen molar-refractivity contribution in [3.8, 4) is 0 Å². The second-order valence-electron chi connectivity index (χ2n) is 9.76. The minimum atomic E-state index is 0.496. The molecule has 2 aromatic carbocycles. The first-order valence-electron chi connectivity index (χ1n) is 11.8. The van der Waals surface area contributed by atoms with Gasteiger partial charge in [0.1, 0.15) is 0 Å². The van der Waals surface area contributed by atoms with Gasteiger partial charge in [-0.15, -0.1) is 11.8 Å². The summed E-state index contributed by atoms with van der Waals surface area (Å²) < 4.78 is 0. The molecular weight excluding hydrogens is 408 g/mol. The van der Waals surface area contributed by atoms with Crippen LogP contribution in [0.1, 0.15) is 61.1 Å². The van der Waals surface area contributed by atoms with Gasteiger partial charge in [0.25, 0.3) is 0 Å². The van der Waals surface area contributed by atoms with Crippen LogP contribution in [0.4, 0.5) is 5.69 Å². The second-order valence-corrected chi connectivity index (χ2v) is 10.8. The SMILES string of the molecule is C/C=C\SCCc1cc(C)c(N=CN(C)CC)cc1C.Cc1ccc2c(c1)CC(C)(C)C2. The predicted molar refractivity (Wildman–Crippen MR) is 146 cm³/mol. The zero-order valence-corrected chi connectivity index (χ0v) is 22.3. The lowest BCUT2D eigenvalue weighted by Gasteiger charge is -2.14. The number of rotatable bonds is 7. The highest BCUT2D eigenvalue weighted by Gasteiger charge is 2.27. The maximum atomic E-state index is 4.57. The van der Waals surface area contributed by atoms with E-state index >= 15 is 0 Å². The molecule has 0 spiro atoms. The molecule has 2 aromatic rings. The Labute approximate surface area is 201 Å². The molecule has 3 heteroatoms. The molecule has 1 aliphatic carbocycles. The van der Waals surface area contributed by atoms with Crippen molar-refractivity contribution in [2.45, 2.75) is 67.7 Å². The molecule has 0 aliphatic heterocycles. The topological polar surface area (TPSA) is 15.6 Å². The lowest BCUT2D eigenvalue weighted by Crippen LogP contribution is -2.14. The van der Waals surface area contributed by atoms with Gasteiger partial charge in [0.2, 0.25) is 0 Å². The van der Waals surface area contributed by atoms with Gasteiger partial charge in [-0.25, -0.2) is 4.99 Å². The monoisotopic (exact) mass is 450 g/mol. The fourth-order valence-electron chi connectivity index (χ4n) is 4.03. The average molecular weight is 451 g/mol. The van der Waals surface area contributed by atoms with E-state index in [-0.39, 0.29) is 0 Å². The first-order chi connectivity index (χ1) is 15.1. The second kappa shape index (κ2) is 12.3. The van der Waals surface area contributed by atoms with E-state index < -0.39 is 0 Å². The van der Waals surface area contributed by atoms with Crippen LogP contribution >= 0.6 is 11.8 Å². The van der Waals surface area contributed by atoms with Crippen molar-refractivity contribution in [3.05, 3.63) is 75.2 Å². The van der Waals surface area contributed by atoms with Gasteiger partial charge in [-0.05, 0) is 98.6 Å². The van der Waals surface area contributed by atoms with Gasteiger partial charge >= 0.3 is 0 Å². The molecule has 0 radical (unpaired) electrons. The smallest absolute Gasteiger partial charge is 0.0909 e. The highest BCUT2D eigenvalue weighted by Crippen LogP contribution is 2.36. The number of aliphatic imine (C=N–C) groups is 1. The minimum Gasteiger partial charge on any atom is -0.366 e. The van der Waals surface area contributed by atoms with Crippen LogP contribution in [0.5, 0.6) is 0 Å².